The van der Waals surface area contributed by atoms with E-state index in [2.05, 4.69) is 10.6 Å². The van der Waals surface area contributed by atoms with Crippen molar-refractivity contribution in [3.63, 3.8) is 0 Å². The average Bonchev–Trinajstić information content (AvgIpc) is 2.97. The molecule has 0 atom stereocenters. The fourth-order valence-electron chi connectivity index (χ4n) is 3.50. The summed E-state index contributed by atoms with van der Waals surface area (Å²) in [6.07, 6.45) is 1.61. The van der Waals surface area contributed by atoms with E-state index in [1.165, 1.54) is 11.8 Å². The lowest BCUT2D eigenvalue weighted by Gasteiger charge is -2.12. The van der Waals surface area contributed by atoms with E-state index in [1.54, 1.807) is 86.0 Å². The third-order valence-electron chi connectivity index (χ3n) is 5.53. The molecule has 7 heteroatoms. The number of Topliss-reactive ketones (excluding diaryl/α,β-unsaturated/α-hetero) is 1. The molecule has 0 saturated heterocycles. The molecule has 0 fully saturated rings. The first-order chi connectivity index (χ1) is 18.5. The molecule has 0 aliphatic rings. The van der Waals surface area contributed by atoms with Gasteiger partial charge in [0.1, 0.15) is 11.4 Å². The lowest BCUT2D eigenvalue weighted by molar-refractivity contribution is -0.113. The molecule has 4 aromatic carbocycles. The molecule has 190 valence electrons. The monoisotopic (exact) mass is 522 g/mol. The molecule has 0 unspecified atom stereocenters. The average molecular weight is 523 g/mol. The standard InChI is InChI=1S/C31H26N2O4S/c1-37-26-16-12-22(13-17-26)20-28(33-30(35)24-10-6-3-7-11-24)31(36)32-25-14-18-27(19-15-25)38-21-29(34)23-8-4-2-5-9-23/h2-20H,21H2,1H3,(H,32,36)(H,33,35)/b28-20-. The first-order valence-electron chi connectivity index (χ1n) is 11.9. The minimum absolute atomic E-state index is 0.0513. The van der Waals surface area contributed by atoms with E-state index in [0.29, 0.717) is 28.3 Å². The molecular weight excluding hydrogens is 496 g/mol. The van der Waals surface area contributed by atoms with Gasteiger partial charge >= 0.3 is 0 Å². The molecule has 2 N–H and O–H groups in total. The van der Waals surface area contributed by atoms with Gasteiger partial charge in [0.25, 0.3) is 11.8 Å². The summed E-state index contributed by atoms with van der Waals surface area (Å²) < 4.78 is 5.20. The number of carbonyl (C=O) groups excluding carboxylic acids is 3. The maximum atomic E-state index is 13.2. The lowest BCUT2D eigenvalue weighted by atomic mass is 10.1. The quantitative estimate of drug-likeness (QED) is 0.150. The molecule has 38 heavy (non-hydrogen) atoms. The minimum Gasteiger partial charge on any atom is -0.497 e. The number of anilines is 1. The van der Waals surface area contributed by atoms with E-state index >= 15 is 0 Å². The van der Waals surface area contributed by atoms with Crippen LogP contribution in [0.2, 0.25) is 0 Å². The summed E-state index contributed by atoms with van der Waals surface area (Å²) in [4.78, 5) is 39.2. The molecule has 0 radical (unpaired) electrons. The van der Waals surface area contributed by atoms with Crippen molar-refractivity contribution in [2.45, 2.75) is 4.90 Å². The number of ether oxygens (including phenoxy) is 1. The predicted molar refractivity (Wildman–Crippen MR) is 151 cm³/mol. The molecule has 0 aromatic heterocycles. The van der Waals surface area contributed by atoms with Crippen molar-refractivity contribution in [1.82, 2.24) is 5.32 Å². The fraction of sp³-hybridized carbons (Fsp3) is 0.0645. The Labute approximate surface area is 225 Å². The second-order valence-electron chi connectivity index (χ2n) is 8.21. The van der Waals surface area contributed by atoms with Crippen molar-refractivity contribution >= 4 is 41.1 Å². The Morgan fingerprint density at radius 3 is 1.97 bits per heavy atom. The Balaban J connectivity index is 1.45. The van der Waals surface area contributed by atoms with Crippen LogP contribution in [0.1, 0.15) is 26.3 Å². The predicted octanol–water partition coefficient (Wildman–Crippen LogP) is 6.08. The van der Waals surface area contributed by atoms with Crippen LogP contribution in [0.5, 0.6) is 5.75 Å². The minimum atomic E-state index is -0.468. The zero-order chi connectivity index (χ0) is 26.7. The zero-order valence-electron chi connectivity index (χ0n) is 20.7. The van der Waals surface area contributed by atoms with Gasteiger partial charge in [-0.05, 0) is 60.2 Å². The van der Waals surface area contributed by atoms with Gasteiger partial charge in [0, 0.05) is 21.7 Å². The van der Waals surface area contributed by atoms with Crippen LogP contribution >= 0.6 is 11.8 Å². The number of hydrogen-bond donors (Lipinski definition) is 2. The van der Waals surface area contributed by atoms with Crippen LogP contribution in [0.25, 0.3) is 6.08 Å². The summed E-state index contributed by atoms with van der Waals surface area (Å²) in [5, 5.41) is 5.56. The maximum absolute atomic E-state index is 13.2. The van der Waals surface area contributed by atoms with Gasteiger partial charge in [-0.3, -0.25) is 14.4 Å². The molecule has 2 amide bonds. The van der Waals surface area contributed by atoms with Gasteiger partial charge in [-0.15, -0.1) is 11.8 Å². The topological polar surface area (TPSA) is 84.5 Å². The second-order valence-corrected chi connectivity index (χ2v) is 9.26. The number of hydrogen-bond acceptors (Lipinski definition) is 5. The van der Waals surface area contributed by atoms with Crippen molar-refractivity contribution in [3.05, 3.63) is 132 Å². The third-order valence-corrected chi connectivity index (χ3v) is 6.55. The van der Waals surface area contributed by atoms with E-state index in [-0.39, 0.29) is 11.5 Å². The van der Waals surface area contributed by atoms with Crippen molar-refractivity contribution in [3.8, 4) is 5.75 Å². The summed E-state index contributed by atoms with van der Waals surface area (Å²) in [6, 6.07) is 32.2. The Morgan fingerprint density at radius 1 is 0.763 bits per heavy atom. The summed E-state index contributed by atoms with van der Waals surface area (Å²) in [5.41, 5.74) is 2.49. The number of nitrogens with one attached hydrogen (secondary N) is 2. The normalized spacial score (nSPS) is 10.9. The highest BCUT2D eigenvalue weighted by Crippen LogP contribution is 2.22. The van der Waals surface area contributed by atoms with E-state index in [0.717, 1.165) is 10.5 Å². The van der Waals surface area contributed by atoms with Gasteiger partial charge in [0.15, 0.2) is 5.78 Å². The number of carbonyl (C=O) groups is 3. The van der Waals surface area contributed by atoms with E-state index in [1.807, 2.05) is 36.4 Å². The second kappa shape index (κ2) is 13.1. The highest BCUT2D eigenvalue weighted by atomic mass is 32.2. The molecule has 0 saturated carbocycles. The molecule has 0 bridgehead atoms. The highest BCUT2D eigenvalue weighted by Gasteiger charge is 2.15. The summed E-state index contributed by atoms with van der Waals surface area (Å²) in [5.74, 6) is 0.191. The van der Waals surface area contributed by atoms with Gasteiger partial charge in [-0.2, -0.15) is 0 Å². The summed E-state index contributed by atoms with van der Waals surface area (Å²) in [7, 11) is 1.58. The van der Waals surface area contributed by atoms with Crippen LogP contribution < -0.4 is 15.4 Å². The zero-order valence-corrected chi connectivity index (χ0v) is 21.5. The molecular formula is C31H26N2O4S. The van der Waals surface area contributed by atoms with Crippen molar-refractivity contribution < 1.29 is 19.1 Å². The van der Waals surface area contributed by atoms with Crippen molar-refractivity contribution in [2.75, 3.05) is 18.2 Å². The van der Waals surface area contributed by atoms with Gasteiger partial charge in [-0.1, -0.05) is 60.7 Å². The number of ketones is 1. The molecule has 0 aliphatic heterocycles. The summed E-state index contributed by atoms with van der Waals surface area (Å²) in [6.45, 7) is 0. The number of thioether (sulfide) groups is 1. The third kappa shape index (κ3) is 7.44. The van der Waals surface area contributed by atoms with Crippen LogP contribution in [0.3, 0.4) is 0 Å². The maximum Gasteiger partial charge on any atom is 0.272 e. The van der Waals surface area contributed by atoms with Crippen LogP contribution in [-0.2, 0) is 4.79 Å². The van der Waals surface area contributed by atoms with Gasteiger partial charge in [-0.25, -0.2) is 0 Å². The first-order valence-corrected chi connectivity index (χ1v) is 12.8. The van der Waals surface area contributed by atoms with Crippen LogP contribution in [0.15, 0.2) is 120 Å². The van der Waals surface area contributed by atoms with E-state index in [4.69, 9.17) is 4.74 Å². The number of rotatable bonds is 10. The first kappa shape index (κ1) is 26.4. The van der Waals surface area contributed by atoms with Crippen molar-refractivity contribution in [2.24, 2.45) is 0 Å². The molecule has 0 spiro atoms. The Bertz CT molecular complexity index is 1420. The fourth-order valence-corrected chi connectivity index (χ4v) is 4.29. The summed E-state index contributed by atoms with van der Waals surface area (Å²) >= 11 is 1.43. The molecule has 6 nitrogen and oxygen atoms in total. The smallest absolute Gasteiger partial charge is 0.272 e. The number of benzene rings is 4. The SMILES string of the molecule is COc1ccc(/C=C(\NC(=O)c2ccccc2)C(=O)Nc2ccc(SCC(=O)c3ccccc3)cc2)cc1. The van der Waals surface area contributed by atoms with Gasteiger partial charge < -0.3 is 15.4 Å². The number of methoxy groups -OCH3 is 1. The van der Waals surface area contributed by atoms with Crippen LogP contribution in [0.4, 0.5) is 5.69 Å². The van der Waals surface area contributed by atoms with Gasteiger partial charge in [0.05, 0.1) is 12.9 Å². The molecule has 4 rings (SSSR count). The largest absolute Gasteiger partial charge is 0.497 e. The van der Waals surface area contributed by atoms with E-state index in [9.17, 15) is 14.4 Å². The van der Waals surface area contributed by atoms with Crippen molar-refractivity contribution in [1.29, 1.82) is 0 Å². The molecule has 4 aromatic rings. The number of amides is 2. The lowest BCUT2D eigenvalue weighted by Crippen LogP contribution is -2.30. The Kier molecular flexibility index (Phi) is 9.10. The molecule has 0 heterocycles. The van der Waals surface area contributed by atoms with Crippen LogP contribution in [-0.4, -0.2) is 30.5 Å². The highest BCUT2D eigenvalue weighted by molar-refractivity contribution is 8.00. The Morgan fingerprint density at radius 2 is 1.37 bits per heavy atom. The van der Waals surface area contributed by atoms with E-state index < -0.39 is 11.8 Å². The van der Waals surface area contributed by atoms with Gasteiger partial charge in [0.2, 0.25) is 0 Å². The Hall–Kier alpha value is -4.62. The molecule has 0 aliphatic carbocycles. The van der Waals surface area contributed by atoms with Crippen LogP contribution in [0, 0.1) is 0 Å².